The first-order valence-corrected chi connectivity index (χ1v) is 6.75. The van der Waals surface area contributed by atoms with Crippen molar-refractivity contribution in [2.75, 3.05) is 0 Å². The number of carbonyl (C=O) groups excluding carboxylic acids is 1. The van der Waals surface area contributed by atoms with Crippen LogP contribution in [0.1, 0.15) is 29.5 Å². The van der Waals surface area contributed by atoms with Gasteiger partial charge in [0.15, 0.2) is 0 Å². The molecule has 0 fully saturated rings. The number of benzene rings is 1. The molecule has 1 amide bonds. The first kappa shape index (κ1) is 12.9. The van der Waals surface area contributed by atoms with Gasteiger partial charge < -0.3 is 16.4 Å². The molecular formula is C15H18N4O. The van der Waals surface area contributed by atoms with Crippen LogP contribution in [0.2, 0.25) is 0 Å². The zero-order valence-corrected chi connectivity index (χ0v) is 11.3. The summed E-state index contributed by atoms with van der Waals surface area (Å²) >= 11 is 0. The van der Waals surface area contributed by atoms with Gasteiger partial charge in [0.1, 0.15) is 5.84 Å². The van der Waals surface area contributed by atoms with E-state index >= 15 is 0 Å². The minimum Gasteiger partial charge on any atom is -0.385 e. The molecule has 1 aromatic carbocycles. The molecule has 2 aliphatic heterocycles. The Morgan fingerprint density at radius 3 is 2.95 bits per heavy atom. The average molecular weight is 270 g/mol. The second-order valence-electron chi connectivity index (χ2n) is 5.21. The molecule has 5 nitrogen and oxygen atoms in total. The highest BCUT2D eigenvalue weighted by atomic mass is 16.1. The molecule has 2 aliphatic rings. The SMILES string of the molecule is C=C1c2cccc(CN)c2CN1C1CCC(=O)N=C1N. The minimum atomic E-state index is -0.135. The Kier molecular flexibility index (Phi) is 3.06. The van der Waals surface area contributed by atoms with Crippen LogP contribution in [0.5, 0.6) is 0 Å². The number of carbonyl (C=O) groups is 1. The fraction of sp³-hybridized carbons (Fsp3) is 0.333. The Hall–Kier alpha value is -2.14. The van der Waals surface area contributed by atoms with Crippen molar-refractivity contribution >= 4 is 17.4 Å². The smallest absolute Gasteiger partial charge is 0.247 e. The van der Waals surface area contributed by atoms with Crippen molar-refractivity contribution in [1.82, 2.24) is 4.90 Å². The molecule has 1 atom stereocenters. The molecule has 5 heteroatoms. The van der Waals surface area contributed by atoms with Crippen LogP contribution in [0, 0.1) is 0 Å². The number of nitrogens with two attached hydrogens (primary N) is 2. The maximum atomic E-state index is 11.3. The highest BCUT2D eigenvalue weighted by molar-refractivity contribution is 5.99. The molecule has 0 saturated heterocycles. The van der Waals surface area contributed by atoms with Crippen LogP contribution in [0.4, 0.5) is 0 Å². The van der Waals surface area contributed by atoms with E-state index in [4.69, 9.17) is 11.5 Å². The van der Waals surface area contributed by atoms with Crippen LogP contribution < -0.4 is 11.5 Å². The zero-order valence-electron chi connectivity index (χ0n) is 11.3. The standard InChI is InChI=1S/C15H18N4O/c1-9-11-4-2-3-10(7-16)12(11)8-19(9)13-5-6-14(20)18-15(13)17/h2-4,13H,1,5-8,16H2,(H2,17,18,20). The maximum absolute atomic E-state index is 11.3. The topological polar surface area (TPSA) is 84.7 Å². The van der Waals surface area contributed by atoms with Crippen molar-refractivity contribution < 1.29 is 4.79 Å². The second kappa shape index (κ2) is 4.76. The maximum Gasteiger partial charge on any atom is 0.247 e. The fourth-order valence-corrected chi connectivity index (χ4v) is 3.00. The molecular weight excluding hydrogens is 252 g/mol. The monoisotopic (exact) mass is 270 g/mol. The van der Waals surface area contributed by atoms with Gasteiger partial charge in [-0.25, -0.2) is 0 Å². The van der Waals surface area contributed by atoms with Gasteiger partial charge in [-0.05, 0) is 17.5 Å². The number of amidine groups is 1. The Balaban J connectivity index is 1.94. The lowest BCUT2D eigenvalue weighted by Gasteiger charge is -2.31. The van der Waals surface area contributed by atoms with Crippen molar-refractivity contribution in [3.8, 4) is 0 Å². The first-order chi connectivity index (χ1) is 9.61. The molecule has 3 rings (SSSR count). The van der Waals surface area contributed by atoms with Crippen molar-refractivity contribution in [2.45, 2.75) is 32.0 Å². The van der Waals surface area contributed by atoms with Gasteiger partial charge in [-0.3, -0.25) is 4.79 Å². The number of aliphatic imine (C=N–C) groups is 1. The highest BCUT2D eigenvalue weighted by Gasteiger charge is 2.33. The third kappa shape index (κ3) is 1.91. The van der Waals surface area contributed by atoms with Crippen LogP contribution in [0.15, 0.2) is 29.8 Å². The van der Waals surface area contributed by atoms with E-state index in [1.54, 1.807) is 0 Å². The predicted molar refractivity (Wildman–Crippen MR) is 78.6 cm³/mol. The van der Waals surface area contributed by atoms with E-state index in [1.807, 2.05) is 12.1 Å². The summed E-state index contributed by atoms with van der Waals surface area (Å²) < 4.78 is 0. The van der Waals surface area contributed by atoms with E-state index in [9.17, 15) is 4.79 Å². The Labute approximate surface area is 118 Å². The number of fused-ring (bicyclic) bond motifs is 1. The molecule has 104 valence electrons. The van der Waals surface area contributed by atoms with Gasteiger partial charge in [-0.2, -0.15) is 4.99 Å². The lowest BCUT2D eigenvalue weighted by atomic mass is 10.0. The van der Waals surface area contributed by atoms with Gasteiger partial charge in [0.2, 0.25) is 5.91 Å². The largest absolute Gasteiger partial charge is 0.385 e. The van der Waals surface area contributed by atoms with Crippen molar-refractivity contribution in [3.63, 3.8) is 0 Å². The average Bonchev–Trinajstić information content (AvgIpc) is 2.76. The summed E-state index contributed by atoms with van der Waals surface area (Å²) in [5.74, 6) is 0.258. The third-order valence-corrected chi connectivity index (χ3v) is 4.08. The van der Waals surface area contributed by atoms with Crippen LogP contribution in [-0.2, 0) is 17.9 Å². The van der Waals surface area contributed by atoms with E-state index in [0.29, 0.717) is 25.2 Å². The molecule has 0 bridgehead atoms. The summed E-state index contributed by atoms with van der Waals surface area (Å²) in [6.45, 7) is 5.41. The molecule has 0 radical (unpaired) electrons. The number of amides is 1. The molecule has 20 heavy (non-hydrogen) atoms. The Morgan fingerprint density at radius 1 is 1.45 bits per heavy atom. The first-order valence-electron chi connectivity index (χ1n) is 6.75. The van der Waals surface area contributed by atoms with Crippen LogP contribution in [0.3, 0.4) is 0 Å². The van der Waals surface area contributed by atoms with Crippen LogP contribution in [0.25, 0.3) is 5.70 Å². The molecule has 4 N–H and O–H groups in total. The summed E-state index contributed by atoms with van der Waals surface area (Å²) in [6, 6.07) is 6.05. The van der Waals surface area contributed by atoms with Crippen LogP contribution >= 0.6 is 0 Å². The molecule has 0 saturated carbocycles. The van der Waals surface area contributed by atoms with Gasteiger partial charge in [0.25, 0.3) is 0 Å². The lowest BCUT2D eigenvalue weighted by Crippen LogP contribution is -2.44. The van der Waals surface area contributed by atoms with E-state index in [0.717, 1.165) is 23.4 Å². The van der Waals surface area contributed by atoms with Gasteiger partial charge in [0, 0.05) is 30.8 Å². The summed E-state index contributed by atoms with van der Waals surface area (Å²) in [7, 11) is 0. The van der Waals surface area contributed by atoms with Crippen molar-refractivity contribution in [1.29, 1.82) is 0 Å². The van der Waals surface area contributed by atoms with E-state index in [1.165, 1.54) is 5.56 Å². The van der Waals surface area contributed by atoms with E-state index < -0.39 is 0 Å². The van der Waals surface area contributed by atoms with Gasteiger partial charge in [-0.15, -0.1) is 0 Å². The highest BCUT2D eigenvalue weighted by Crippen LogP contribution is 2.36. The molecule has 0 aromatic heterocycles. The fourth-order valence-electron chi connectivity index (χ4n) is 3.00. The van der Waals surface area contributed by atoms with Gasteiger partial charge in [-0.1, -0.05) is 24.8 Å². The quantitative estimate of drug-likeness (QED) is 0.839. The molecule has 0 spiro atoms. The Bertz CT molecular complexity index is 620. The van der Waals surface area contributed by atoms with Gasteiger partial charge in [0.05, 0.1) is 6.04 Å². The van der Waals surface area contributed by atoms with Crippen LogP contribution in [-0.4, -0.2) is 22.7 Å². The van der Waals surface area contributed by atoms with E-state index in [2.05, 4.69) is 22.5 Å². The Morgan fingerprint density at radius 2 is 2.25 bits per heavy atom. The number of rotatable bonds is 2. The molecule has 1 aromatic rings. The van der Waals surface area contributed by atoms with Gasteiger partial charge >= 0.3 is 0 Å². The third-order valence-electron chi connectivity index (χ3n) is 4.08. The molecule has 2 heterocycles. The number of nitrogens with zero attached hydrogens (tertiary/aromatic N) is 2. The van der Waals surface area contributed by atoms with Crippen molar-refractivity contribution in [3.05, 3.63) is 41.5 Å². The molecule has 0 aliphatic carbocycles. The lowest BCUT2D eigenvalue weighted by molar-refractivity contribution is -0.118. The second-order valence-corrected chi connectivity index (χ2v) is 5.21. The zero-order chi connectivity index (χ0) is 14.3. The molecule has 1 unspecified atom stereocenters. The predicted octanol–water partition coefficient (Wildman–Crippen LogP) is 0.978. The minimum absolute atomic E-state index is 0.0433. The summed E-state index contributed by atoms with van der Waals surface area (Å²) in [6.07, 6.45) is 1.13. The normalized spacial score (nSPS) is 21.9. The summed E-state index contributed by atoms with van der Waals surface area (Å²) in [5, 5.41) is 0. The number of hydrogen-bond donors (Lipinski definition) is 2. The summed E-state index contributed by atoms with van der Waals surface area (Å²) in [5.41, 5.74) is 16.1. The number of hydrogen-bond acceptors (Lipinski definition) is 4. The summed E-state index contributed by atoms with van der Waals surface area (Å²) in [4.78, 5) is 17.3. The van der Waals surface area contributed by atoms with Crippen molar-refractivity contribution in [2.24, 2.45) is 16.5 Å². The van der Waals surface area contributed by atoms with E-state index in [-0.39, 0.29) is 11.9 Å².